The first-order valence-corrected chi connectivity index (χ1v) is 11.3. The molecule has 0 spiro atoms. The summed E-state index contributed by atoms with van der Waals surface area (Å²) >= 11 is 0. The molecule has 7 heteroatoms. The van der Waals surface area contributed by atoms with Gasteiger partial charge in [0.2, 0.25) is 6.10 Å². The lowest BCUT2D eigenvalue weighted by molar-refractivity contribution is -0.159. The van der Waals surface area contributed by atoms with E-state index in [2.05, 4.69) is 54.6 Å². The normalized spacial score (nSPS) is 15.4. The van der Waals surface area contributed by atoms with Crippen LogP contribution in [0.1, 0.15) is 12.0 Å². The van der Waals surface area contributed by atoms with Crippen LogP contribution in [0, 0.1) is 0 Å². The third kappa shape index (κ3) is 4.06. The van der Waals surface area contributed by atoms with Crippen LogP contribution >= 0.6 is 10.5 Å². The quantitative estimate of drug-likeness (QED) is 0.213. The molecule has 0 radical (unpaired) electrons. The average molecular weight is 560 g/mol. The summed E-state index contributed by atoms with van der Waals surface area (Å²) < 4.78 is 18.3. The largest absolute Gasteiger partial charge is 1.00 e. The van der Waals surface area contributed by atoms with Crippen LogP contribution < -0.4 is 28.7 Å². The number of thiophene rings is 1. The predicted molar refractivity (Wildman–Crippen MR) is 121 cm³/mol. The second kappa shape index (κ2) is 9.46. The van der Waals surface area contributed by atoms with Gasteiger partial charge in [-0.3, -0.25) is 4.79 Å². The number of carbonyl (C=O) groups is 2. The van der Waals surface area contributed by atoms with Crippen molar-refractivity contribution in [3.05, 3.63) is 72.3 Å². The number of hydrogen-bond donors (Lipinski definition) is 0. The maximum Gasteiger partial charge on any atom is 0.347 e. The highest BCUT2D eigenvalue weighted by Crippen LogP contribution is 2.48. The third-order valence-corrected chi connectivity index (χ3v) is 7.80. The topological polar surface area (TPSA) is 61.8 Å². The molecule has 1 aromatic heterocycles. The van der Waals surface area contributed by atoms with Gasteiger partial charge in [-0.2, -0.15) is 0 Å². The fourth-order valence-electron chi connectivity index (χ4n) is 4.07. The van der Waals surface area contributed by atoms with Crippen LogP contribution in [0.15, 0.2) is 66.7 Å². The Hall–Kier alpha value is -2.65. The Labute approximate surface area is 205 Å². The summed E-state index contributed by atoms with van der Waals surface area (Å²) in [5.74, 6) is -0.316. The van der Waals surface area contributed by atoms with Gasteiger partial charge < -0.3 is 38.2 Å². The zero-order valence-corrected chi connectivity index (χ0v) is 20.4. The molecule has 5 rings (SSSR count). The van der Waals surface area contributed by atoms with E-state index in [1.807, 2.05) is 12.1 Å². The molecule has 1 unspecified atom stereocenters. The highest BCUT2D eigenvalue weighted by Gasteiger charge is 2.31. The molecule has 0 amide bonds. The number of cyclic esters (lactones) is 1. The zero-order chi connectivity index (χ0) is 21.4. The van der Waals surface area contributed by atoms with E-state index < -0.39 is 18.0 Å². The van der Waals surface area contributed by atoms with E-state index in [9.17, 15) is 9.59 Å². The van der Waals surface area contributed by atoms with Crippen molar-refractivity contribution in [2.24, 2.45) is 0 Å². The summed E-state index contributed by atoms with van der Waals surface area (Å²) in [7, 11) is 1.32. The van der Waals surface area contributed by atoms with Crippen LogP contribution in [0.3, 0.4) is 0 Å². The van der Waals surface area contributed by atoms with Crippen molar-refractivity contribution in [1.82, 2.24) is 0 Å². The van der Waals surface area contributed by atoms with E-state index in [1.165, 1.54) is 20.2 Å². The Morgan fingerprint density at radius 2 is 1.69 bits per heavy atom. The Balaban J connectivity index is 0.00000245. The van der Waals surface area contributed by atoms with Gasteiger partial charge in [-0.25, -0.2) is 4.79 Å². The predicted octanol–water partition coefficient (Wildman–Crippen LogP) is 2.15. The highest BCUT2D eigenvalue weighted by atomic mass is 127. The minimum Gasteiger partial charge on any atom is -1.00 e. The van der Waals surface area contributed by atoms with E-state index in [0.717, 1.165) is 10.5 Å². The number of methoxy groups -OCH3 is 1. The van der Waals surface area contributed by atoms with E-state index in [0.29, 0.717) is 12.2 Å². The summed E-state index contributed by atoms with van der Waals surface area (Å²) in [6.45, 7) is 0.289. The molecule has 164 valence electrons. The third-order valence-electron chi connectivity index (χ3n) is 5.49. The number of carbonyl (C=O) groups excluding carboxylic acids is 2. The van der Waals surface area contributed by atoms with Crippen LogP contribution in [0.5, 0.6) is 5.75 Å². The van der Waals surface area contributed by atoms with Gasteiger partial charge in [-0.05, 0) is 30.3 Å². The monoisotopic (exact) mass is 560 g/mol. The van der Waals surface area contributed by atoms with Gasteiger partial charge in [0.1, 0.15) is 5.75 Å². The lowest BCUT2D eigenvalue weighted by Gasteiger charge is -2.11. The molecule has 32 heavy (non-hydrogen) atoms. The van der Waals surface area contributed by atoms with E-state index in [4.69, 9.17) is 14.2 Å². The Bertz CT molecular complexity index is 1260. The van der Waals surface area contributed by atoms with Gasteiger partial charge in [-0.15, -0.1) is 0 Å². The molecule has 3 aromatic carbocycles. The lowest BCUT2D eigenvalue weighted by Crippen LogP contribution is -3.00. The first-order valence-electron chi connectivity index (χ1n) is 10.1. The first-order chi connectivity index (χ1) is 15.2. The SMILES string of the molecule is COc1ccc(-[s+]2c3ccccc3c3ccccc32)cc1CC(=O)OC1CCOC1=O.[I-]. The number of halogens is 1. The number of rotatable bonds is 5. The molecule has 0 saturated carbocycles. The summed E-state index contributed by atoms with van der Waals surface area (Å²) in [5, 5.41) is 2.50. The number of hydrogen-bond acceptors (Lipinski definition) is 5. The van der Waals surface area contributed by atoms with Crippen molar-refractivity contribution in [2.75, 3.05) is 13.7 Å². The van der Waals surface area contributed by atoms with Crippen LogP contribution in [-0.2, 0) is 25.5 Å². The number of ether oxygens (including phenoxy) is 3. The van der Waals surface area contributed by atoms with E-state index in [-0.39, 0.29) is 47.5 Å². The molecule has 0 bridgehead atoms. The molecule has 2 heterocycles. The average Bonchev–Trinajstić information content (AvgIpc) is 3.34. The van der Waals surface area contributed by atoms with Crippen molar-refractivity contribution in [3.63, 3.8) is 0 Å². The zero-order valence-electron chi connectivity index (χ0n) is 17.4. The van der Waals surface area contributed by atoms with Crippen molar-refractivity contribution >= 4 is 42.6 Å². The number of fused-ring (bicyclic) bond motifs is 3. The van der Waals surface area contributed by atoms with Crippen LogP contribution in [0.4, 0.5) is 0 Å². The molecule has 1 fully saturated rings. The molecule has 4 aromatic rings. The number of esters is 2. The van der Waals surface area contributed by atoms with Gasteiger partial charge in [-0.1, -0.05) is 24.3 Å². The Morgan fingerprint density at radius 1 is 1.03 bits per heavy atom. The van der Waals surface area contributed by atoms with E-state index >= 15 is 0 Å². The number of benzene rings is 3. The molecular formula is C25H21IO5S. The van der Waals surface area contributed by atoms with Crippen LogP contribution in [0.25, 0.3) is 25.1 Å². The summed E-state index contributed by atoms with van der Waals surface area (Å²) in [4.78, 5) is 25.3. The van der Waals surface area contributed by atoms with Crippen LogP contribution in [-0.4, -0.2) is 31.8 Å². The maximum absolute atomic E-state index is 12.5. The minimum absolute atomic E-state index is 0. The van der Waals surface area contributed by atoms with Gasteiger partial charge in [0, 0.05) is 45.4 Å². The van der Waals surface area contributed by atoms with Gasteiger partial charge in [0.05, 0.1) is 20.1 Å². The fraction of sp³-hybridized carbons (Fsp3) is 0.200. The minimum atomic E-state index is -0.808. The Kier molecular flexibility index (Phi) is 6.66. The van der Waals surface area contributed by atoms with Gasteiger partial charge in [0.15, 0.2) is 14.3 Å². The van der Waals surface area contributed by atoms with Gasteiger partial charge in [0.25, 0.3) is 0 Å². The summed E-state index contributed by atoms with van der Waals surface area (Å²) in [5.41, 5.74) is 0.741. The molecule has 1 aliphatic heterocycles. The maximum atomic E-state index is 12.5. The van der Waals surface area contributed by atoms with Crippen LogP contribution in [0.2, 0.25) is 0 Å². The van der Waals surface area contributed by atoms with Crippen molar-refractivity contribution < 1.29 is 47.8 Å². The smallest absolute Gasteiger partial charge is 0.347 e. The Morgan fingerprint density at radius 3 is 2.28 bits per heavy atom. The summed E-state index contributed by atoms with van der Waals surface area (Å²) in [6.07, 6.45) is -0.378. The molecular weight excluding hydrogens is 539 g/mol. The van der Waals surface area contributed by atoms with E-state index in [1.54, 1.807) is 7.11 Å². The first kappa shape index (κ1) is 22.5. The van der Waals surface area contributed by atoms with Gasteiger partial charge >= 0.3 is 11.9 Å². The molecule has 0 aliphatic carbocycles. The lowest BCUT2D eigenvalue weighted by atomic mass is 10.1. The molecule has 5 nitrogen and oxygen atoms in total. The second-order valence-corrected chi connectivity index (χ2v) is 9.35. The van der Waals surface area contributed by atoms with Crippen molar-refractivity contribution in [1.29, 1.82) is 0 Å². The summed E-state index contributed by atoms with van der Waals surface area (Å²) in [6, 6.07) is 22.9. The second-order valence-electron chi connectivity index (χ2n) is 7.38. The molecule has 1 atom stereocenters. The van der Waals surface area contributed by atoms with Crippen molar-refractivity contribution in [2.45, 2.75) is 18.9 Å². The molecule has 0 N–H and O–H groups in total. The molecule has 1 saturated heterocycles. The fourth-order valence-corrected chi connectivity index (χ4v) is 6.50. The highest BCUT2D eigenvalue weighted by molar-refractivity contribution is 7.50. The standard InChI is InChI=1S/C25H21O5S.HI/c1-28-20-11-10-17(14-16(20)15-24(26)30-21-12-13-29-25(21)27)31-22-8-4-2-6-18(22)19-7-3-5-9-23(19)31;/h2-11,14,21H,12-13,15H2,1H3;1H/q+1;/p-1. The van der Waals surface area contributed by atoms with Crippen molar-refractivity contribution in [3.8, 4) is 10.6 Å². The molecule has 1 aliphatic rings.